The van der Waals surface area contributed by atoms with Crippen molar-refractivity contribution in [3.05, 3.63) is 30.1 Å². The van der Waals surface area contributed by atoms with E-state index in [1.54, 1.807) is 12.1 Å². The van der Waals surface area contributed by atoms with Gasteiger partial charge in [0.25, 0.3) is 0 Å². The predicted octanol–water partition coefficient (Wildman–Crippen LogP) is 2.93. The average Bonchev–Trinajstić information content (AvgIpc) is 3.44. The highest BCUT2D eigenvalue weighted by atomic mass is 19.1. The van der Waals surface area contributed by atoms with Crippen LogP contribution in [-0.4, -0.2) is 54.5 Å². The molecule has 2 atom stereocenters. The summed E-state index contributed by atoms with van der Waals surface area (Å²) >= 11 is 0. The quantitative estimate of drug-likeness (QED) is 0.712. The van der Waals surface area contributed by atoms with E-state index < -0.39 is 0 Å². The summed E-state index contributed by atoms with van der Waals surface area (Å²) in [5.41, 5.74) is 0. The van der Waals surface area contributed by atoms with Crippen LogP contribution in [0.3, 0.4) is 0 Å². The van der Waals surface area contributed by atoms with Crippen LogP contribution >= 0.6 is 0 Å². The lowest BCUT2D eigenvalue weighted by molar-refractivity contribution is -0.140. The molecular formula is C20H27FN2O2. The highest BCUT2D eigenvalue weighted by Gasteiger charge is 2.42. The molecule has 4 fully saturated rings. The SMILES string of the molecule is O=C1[C@@H]2CC[C@@H](CN(CCCOc3ccc(F)cc3)C2)N1CC1CC1. The van der Waals surface area contributed by atoms with Crippen LogP contribution < -0.4 is 4.74 Å². The van der Waals surface area contributed by atoms with Crippen molar-refractivity contribution < 1.29 is 13.9 Å². The first-order chi connectivity index (χ1) is 12.2. The molecule has 3 saturated heterocycles. The number of halogens is 1. The summed E-state index contributed by atoms with van der Waals surface area (Å²) in [4.78, 5) is 17.3. The number of piperidine rings is 1. The number of carbonyl (C=O) groups is 1. The third kappa shape index (κ3) is 4.14. The van der Waals surface area contributed by atoms with Gasteiger partial charge in [0, 0.05) is 32.2 Å². The Balaban J connectivity index is 1.26. The third-order valence-electron chi connectivity index (χ3n) is 5.72. The number of fused-ring (bicyclic) bond motifs is 4. The van der Waals surface area contributed by atoms with E-state index in [2.05, 4.69) is 9.80 Å². The van der Waals surface area contributed by atoms with Gasteiger partial charge < -0.3 is 14.5 Å². The predicted molar refractivity (Wildman–Crippen MR) is 93.9 cm³/mol. The smallest absolute Gasteiger partial charge is 0.227 e. The van der Waals surface area contributed by atoms with Crippen LogP contribution in [0, 0.1) is 17.7 Å². The maximum atomic E-state index is 12.9. The van der Waals surface area contributed by atoms with E-state index in [9.17, 15) is 9.18 Å². The van der Waals surface area contributed by atoms with Crippen molar-refractivity contribution in [2.24, 2.45) is 11.8 Å². The van der Waals surface area contributed by atoms with E-state index in [0.717, 1.165) is 51.4 Å². The van der Waals surface area contributed by atoms with Gasteiger partial charge in [-0.25, -0.2) is 4.39 Å². The van der Waals surface area contributed by atoms with Gasteiger partial charge in [0.2, 0.25) is 5.91 Å². The topological polar surface area (TPSA) is 32.8 Å². The first kappa shape index (κ1) is 16.8. The number of hydrogen-bond donors (Lipinski definition) is 0. The van der Waals surface area contributed by atoms with Crippen molar-refractivity contribution in [3.8, 4) is 5.75 Å². The maximum absolute atomic E-state index is 12.9. The van der Waals surface area contributed by atoms with Crippen molar-refractivity contribution in [2.45, 2.75) is 38.1 Å². The van der Waals surface area contributed by atoms with Gasteiger partial charge in [0.15, 0.2) is 0 Å². The number of hydrogen-bond acceptors (Lipinski definition) is 3. The van der Waals surface area contributed by atoms with Crippen molar-refractivity contribution in [1.29, 1.82) is 0 Å². The van der Waals surface area contributed by atoms with Gasteiger partial charge >= 0.3 is 0 Å². The molecule has 2 bridgehead atoms. The van der Waals surface area contributed by atoms with Crippen LogP contribution in [-0.2, 0) is 4.79 Å². The molecule has 1 amide bonds. The van der Waals surface area contributed by atoms with E-state index in [1.165, 1.54) is 25.0 Å². The Labute approximate surface area is 148 Å². The van der Waals surface area contributed by atoms with Crippen molar-refractivity contribution in [3.63, 3.8) is 0 Å². The second-order valence-corrected chi connectivity index (χ2v) is 7.78. The number of ether oxygens (including phenoxy) is 1. The summed E-state index contributed by atoms with van der Waals surface area (Å²) in [6.45, 7) is 4.47. The lowest BCUT2D eigenvalue weighted by Gasteiger charge is -2.36. The Bertz CT molecular complexity index is 602. The molecule has 0 spiro atoms. The molecule has 3 aliphatic heterocycles. The molecule has 1 aliphatic carbocycles. The van der Waals surface area contributed by atoms with Gasteiger partial charge in [-0.05, 0) is 62.3 Å². The normalized spacial score (nSPS) is 26.8. The molecular weight excluding hydrogens is 319 g/mol. The van der Waals surface area contributed by atoms with Crippen molar-refractivity contribution in [1.82, 2.24) is 9.80 Å². The second kappa shape index (κ2) is 7.32. The van der Waals surface area contributed by atoms with E-state index in [4.69, 9.17) is 4.74 Å². The average molecular weight is 346 g/mol. The zero-order chi connectivity index (χ0) is 17.2. The van der Waals surface area contributed by atoms with E-state index in [1.807, 2.05) is 0 Å². The molecule has 0 radical (unpaired) electrons. The summed E-state index contributed by atoms with van der Waals surface area (Å²) in [7, 11) is 0. The fourth-order valence-corrected chi connectivity index (χ4v) is 4.14. The molecule has 1 aromatic carbocycles. The molecule has 4 nitrogen and oxygen atoms in total. The summed E-state index contributed by atoms with van der Waals surface area (Å²) in [5, 5.41) is 0. The highest BCUT2D eigenvalue weighted by molar-refractivity contribution is 5.80. The standard InChI is InChI=1S/C20H27FN2O2/c21-17-5-8-19(9-6-17)25-11-1-10-22-13-16-4-7-18(14-22)23(20(16)24)12-15-2-3-15/h5-6,8-9,15-16,18H,1-4,7,10-14H2/t16-,18+/m1/s1. The van der Waals surface area contributed by atoms with Crippen LogP contribution in [0.15, 0.2) is 24.3 Å². The minimum absolute atomic E-state index is 0.190. The minimum atomic E-state index is -0.243. The summed E-state index contributed by atoms with van der Waals surface area (Å²) in [6.07, 6.45) is 5.73. The zero-order valence-corrected chi connectivity index (χ0v) is 14.7. The number of rotatable bonds is 7. The van der Waals surface area contributed by atoms with Gasteiger partial charge in [-0.2, -0.15) is 0 Å². The molecule has 136 valence electrons. The number of benzene rings is 1. The largest absolute Gasteiger partial charge is 0.494 e. The molecule has 25 heavy (non-hydrogen) atoms. The first-order valence-electron chi connectivity index (χ1n) is 9.60. The Morgan fingerprint density at radius 2 is 1.88 bits per heavy atom. The highest BCUT2D eigenvalue weighted by Crippen LogP contribution is 2.35. The fourth-order valence-electron chi connectivity index (χ4n) is 4.14. The van der Waals surface area contributed by atoms with Crippen LogP contribution in [0.5, 0.6) is 5.75 Å². The van der Waals surface area contributed by atoms with Crippen LogP contribution in [0.4, 0.5) is 4.39 Å². The molecule has 5 heteroatoms. The van der Waals surface area contributed by atoms with E-state index in [0.29, 0.717) is 24.3 Å². The molecule has 3 heterocycles. The Kier molecular flexibility index (Phi) is 4.93. The molecule has 0 N–H and O–H groups in total. The molecule has 5 rings (SSSR count). The summed E-state index contributed by atoms with van der Waals surface area (Å²) in [5.74, 6) is 1.82. The lowest BCUT2D eigenvalue weighted by Crippen LogP contribution is -2.48. The van der Waals surface area contributed by atoms with Crippen LogP contribution in [0.1, 0.15) is 32.1 Å². The minimum Gasteiger partial charge on any atom is -0.494 e. The van der Waals surface area contributed by atoms with Crippen molar-refractivity contribution in [2.75, 3.05) is 32.8 Å². The molecule has 1 saturated carbocycles. The number of carbonyl (C=O) groups excluding carboxylic acids is 1. The number of amides is 1. The third-order valence-corrected chi connectivity index (χ3v) is 5.72. The number of nitrogens with zero attached hydrogens (tertiary/aromatic N) is 2. The second-order valence-electron chi connectivity index (χ2n) is 7.78. The van der Waals surface area contributed by atoms with Gasteiger partial charge in [-0.3, -0.25) is 4.79 Å². The Hall–Kier alpha value is -1.62. The monoisotopic (exact) mass is 346 g/mol. The Morgan fingerprint density at radius 1 is 1.08 bits per heavy atom. The fraction of sp³-hybridized carbons (Fsp3) is 0.650. The summed E-state index contributed by atoms with van der Waals surface area (Å²) in [6, 6.07) is 6.57. The van der Waals surface area contributed by atoms with E-state index in [-0.39, 0.29) is 11.7 Å². The molecule has 1 aromatic rings. The van der Waals surface area contributed by atoms with E-state index >= 15 is 0 Å². The van der Waals surface area contributed by atoms with Gasteiger partial charge in [-0.1, -0.05) is 0 Å². The van der Waals surface area contributed by atoms with Gasteiger partial charge in [0.1, 0.15) is 11.6 Å². The summed E-state index contributed by atoms with van der Waals surface area (Å²) < 4.78 is 18.6. The maximum Gasteiger partial charge on any atom is 0.227 e. The van der Waals surface area contributed by atoms with Crippen LogP contribution in [0.25, 0.3) is 0 Å². The molecule has 0 aromatic heterocycles. The lowest BCUT2D eigenvalue weighted by atomic mass is 9.94. The van der Waals surface area contributed by atoms with Gasteiger partial charge in [0.05, 0.1) is 12.5 Å². The first-order valence-corrected chi connectivity index (χ1v) is 9.60. The zero-order valence-electron chi connectivity index (χ0n) is 14.7. The van der Waals surface area contributed by atoms with Crippen molar-refractivity contribution >= 4 is 5.91 Å². The Morgan fingerprint density at radius 3 is 2.64 bits per heavy atom. The van der Waals surface area contributed by atoms with Gasteiger partial charge in [-0.15, -0.1) is 0 Å². The molecule has 0 unspecified atom stereocenters. The molecule has 4 aliphatic rings. The van der Waals surface area contributed by atoms with Crippen LogP contribution in [0.2, 0.25) is 0 Å².